The fraction of sp³-hybridized carbons (Fsp3) is 0.900. The van der Waals surface area contributed by atoms with Gasteiger partial charge in [0.25, 0.3) is 5.79 Å². The van der Waals surface area contributed by atoms with E-state index < -0.39 is 155 Å². The average molecular weight is 1330 g/mol. The Hall–Kier alpha value is -2.79. The van der Waals surface area contributed by atoms with Gasteiger partial charge in [-0.15, -0.1) is 0 Å². The van der Waals surface area contributed by atoms with Crippen molar-refractivity contribution >= 4 is 17.8 Å². The van der Waals surface area contributed by atoms with Crippen molar-refractivity contribution in [3.05, 3.63) is 24.3 Å². The molecule has 0 aromatic heterocycles. The lowest BCUT2D eigenvalue weighted by Crippen LogP contribution is -2.70. The Labute approximate surface area is 555 Å². The number of nitrogens with one attached hydrogen (secondary N) is 2. The van der Waals surface area contributed by atoms with Gasteiger partial charge in [-0.25, -0.2) is 4.79 Å². The van der Waals surface area contributed by atoms with E-state index in [1.54, 1.807) is 6.08 Å². The number of aliphatic hydroxyl groups excluding tert-OH is 11. The maximum absolute atomic E-state index is 13.5. The van der Waals surface area contributed by atoms with Crippen molar-refractivity contribution in [2.75, 3.05) is 26.4 Å². The van der Waals surface area contributed by atoms with Crippen molar-refractivity contribution in [3.8, 4) is 0 Å². The average Bonchev–Trinajstić information content (AvgIpc) is 0.766. The van der Waals surface area contributed by atoms with E-state index in [0.29, 0.717) is 12.8 Å². The Morgan fingerprint density at radius 2 is 1.01 bits per heavy atom. The van der Waals surface area contributed by atoms with Crippen LogP contribution in [0.5, 0.6) is 0 Å². The number of unbranched alkanes of at least 4 members (excludes halogenated alkanes) is 33. The van der Waals surface area contributed by atoms with Gasteiger partial charge < -0.3 is 100 Å². The van der Waals surface area contributed by atoms with E-state index in [2.05, 4.69) is 36.6 Å². The summed E-state index contributed by atoms with van der Waals surface area (Å²) in [5.41, 5.74) is 0. The van der Waals surface area contributed by atoms with E-state index in [-0.39, 0.29) is 12.3 Å². The summed E-state index contributed by atoms with van der Waals surface area (Å²) < 4.78 is 34.8. The molecule has 0 radical (unpaired) electrons. The van der Waals surface area contributed by atoms with Crippen molar-refractivity contribution in [2.45, 2.75) is 375 Å². The molecule has 14 N–H and O–H groups in total. The lowest BCUT2D eigenvalue weighted by molar-refractivity contribution is -0.386. The molecule has 23 heteroatoms. The Morgan fingerprint density at radius 3 is 1.46 bits per heavy atom. The van der Waals surface area contributed by atoms with Crippen LogP contribution in [0.1, 0.15) is 265 Å². The van der Waals surface area contributed by atoms with Gasteiger partial charge in [-0.3, -0.25) is 9.59 Å². The number of hydrogen-bond acceptors (Lipinski definition) is 20. The summed E-state index contributed by atoms with van der Waals surface area (Å²) in [5.74, 6) is -6.14. The highest BCUT2D eigenvalue weighted by Gasteiger charge is 2.60. The summed E-state index contributed by atoms with van der Waals surface area (Å²) in [6, 6.07) is -2.62. The minimum atomic E-state index is -3.08. The molecule has 0 saturated carbocycles. The molecule has 23 nitrogen and oxygen atoms in total. The van der Waals surface area contributed by atoms with Crippen LogP contribution < -0.4 is 10.6 Å². The third-order valence-corrected chi connectivity index (χ3v) is 18.4. The van der Waals surface area contributed by atoms with Gasteiger partial charge in [0.1, 0.15) is 67.1 Å². The summed E-state index contributed by atoms with van der Waals surface area (Å²) >= 11 is 0. The first-order chi connectivity index (χ1) is 44.9. The number of ether oxygens (including phenoxy) is 6. The minimum absolute atomic E-state index is 0.196. The van der Waals surface area contributed by atoms with Gasteiger partial charge in [0.05, 0.1) is 50.7 Å². The maximum atomic E-state index is 13.5. The largest absolute Gasteiger partial charge is 0.477 e. The number of aliphatic hydroxyl groups is 11. The zero-order valence-corrected chi connectivity index (χ0v) is 56.9. The molecule has 2 amide bonds. The molecule has 3 fully saturated rings. The number of rotatable bonds is 55. The second-order valence-electron chi connectivity index (χ2n) is 26.4. The van der Waals surface area contributed by atoms with E-state index in [1.807, 2.05) is 6.08 Å². The second kappa shape index (κ2) is 50.5. The smallest absolute Gasteiger partial charge is 0.364 e. The molecule has 3 saturated heterocycles. The van der Waals surface area contributed by atoms with Gasteiger partial charge in [0.2, 0.25) is 11.8 Å². The third kappa shape index (κ3) is 32.6. The Morgan fingerprint density at radius 1 is 0.559 bits per heavy atom. The van der Waals surface area contributed by atoms with E-state index in [4.69, 9.17) is 28.4 Å². The lowest BCUT2D eigenvalue weighted by Gasteiger charge is -2.50. The predicted octanol–water partition coefficient (Wildman–Crippen LogP) is 7.23. The SMILES string of the molecule is CCCCCCCCCCCC/C=C\CCCCCCCCCC(=O)NC(COC1OC(CO)C(OC2OC(CO)C(O)C(OC3(C(=O)O)CC(O)C(NC(C)=O)C(C(O)C(O)CO)O3)C2O)C(O)C1O)C(O)/C=C/CCCCCCCCCCCCCCCCCC. The summed E-state index contributed by atoms with van der Waals surface area (Å²) in [6.45, 7) is 2.15. The zero-order chi connectivity index (χ0) is 68.2. The van der Waals surface area contributed by atoms with Gasteiger partial charge >= 0.3 is 5.97 Å². The molecular weight excluding hydrogens is 1200 g/mol. The first kappa shape index (κ1) is 84.4. The zero-order valence-electron chi connectivity index (χ0n) is 56.9. The first-order valence-corrected chi connectivity index (χ1v) is 36.2. The number of amides is 2. The maximum Gasteiger partial charge on any atom is 0.364 e. The van der Waals surface area contributed by atoms with Crippen LogP contribution in [0.2, 0.25) is 0 Å². The predicted molar refractivity (Wildman–Crippen MR) is 352 cm³/mol. The molecule has 18 unspecified atom stereocenters. The van der Waals surface area contributed by atoms with Crippen LogP contribution in [0.25, 0.3) is 0 Å². The number of allylic oxidation sites excluding steroid dienone is 3. The molecular formula is C70H128N2O21. The van der Waals surface area contributed by atoms with Crippen LogP contribution in [0.15, 0.2) is 24.3 Å². The molecule has 3 aliphatic heterocycles. The van der Waals surface area contributed by atoms with Crippen molar-refractivity contribution in [2.24, 2.45) is 0 Å². The van der Waals surface area contributed by atoms with Gasteiger partial charge in [0.15, 0.2) is 12.6 Å². The van der Waals surface area contributed by atoms with Gasteiger partial charge in [-0.1, -0.05) is 224 Å². The number of carboxylic acids is 1. The van der Waals surface area contributed by atoms with Crippen LogP contribution in [0.4, 0.5) is 0 Å². The van der Waals surface area contributed by atoms with Crippen molar-refractivity contribution in [1.82, 2.24) is 10.6 Å². The van der Waals surface area contributed by atoms with E-state index in [1.165, 1.54) is 148 Å². The molecule has 3 rings (SSSR count). The summed E-state index contributed by atoms with van der Waals surface area (Å²) in [5, 5.41) is 136. The summed E-state index contributed by atoms with van der Waals surface area (Å²) in [6.07, 6.45) is 22.1. The molecule has 544 valence electrons. The van der Waals surface area contributed by atoms with Crippen molar-refractivity contribution in [3.63, 3.8) is 0 Å². The molecule has 0 aromatic rings. The van der Waals surface area contributed by atoms with Gasteiger partial charge in [0, 0.05) is 19.8 Å². The minimum Gasteiger partial charge on any atom is -0.477 e. The summed E-state index contributed by atoms with van der Waals surface area (Å²) in [4.78, 5) is 38.6. The molecule has 3 aliphatic rings. The quantitative estimate of drug-likeness (QED) is 0.0211. The Bertz CT molecular complexity index is 1970. The number of carbonyl (C=O) groups is 3. The third-order valence-electron chi connectivity index (χ3n) is 18.4. The van der Waals surface area contributed by atoms with Crippen LogP contribution in [-0.2, 0) is 42.8 Å². The number of carboxylic acid groups (broad SMARTS) is 1. The number of hydrogen-bond donors (Lipinski definition) is 14. The van der Waals surface area contributed by atoms with Gasteiger partial charge in [-0.2, -0.15) is 0 Å². The normalized spacial score (nSPS) is 28.2. The molecule has 0 aromatic carbocycles. The standard InChI is InChI=1S/C70H128N2O21/c1-4-6-8-10-12-14-16-18-20-22-24-25-26-28-30-32-34-36-38-40-42-44-57(80)72-51(52(77)43-41-39-37-35-33-31-29-27-23-21-19-17-15-13-11-9-7-5-2)49-88-67-62(84)61(83)64(56(48-75)90-67)91-68-63(85)66(60(82)55(47-74)89-68)93-70(69(86)87)45-53(78)58(71-50(3)76)65(92-70)59(81)54(79)46-73/h25-26,41,43,51-56,58-68,73-75,77-79,81-85H,4-24,27-40,42,44-49H2,1-3H3,(H,71,76)(H,72,80)(H,86,87)/b26-25-,43-41+. The fourth-order valence-corrected chi connectivity index (χ4v) is 12.6. The number of aliphatic carboxylic acids is 1. The molecule has 93 heavy (non-hydrogen) atoms. The molecule has 3 heterocycles. The highest BCUT2D eigenvalue weighted by Crippen LogP contribution is 2.39. The lowest BCUT2D eigenvalue weighted by atomic mass is 9.88. The Balaban J connectivity index is 1.59. The molecule has 0 aliphatic carbocycles. The fourth-order valence-electron chi connectivity index (χ4n) is 12.6. The molecule has 0 bridgehead atoms. The van der Waals surface area contributed by atoms with Crippen LogP contribution in [0.3, 0.4) is 0 Å². The molecule has 18 atom stereocenters. The highest BCUT2D eigenvalue weighted by atomic mass is 16.8. The van der Waals surface area contributed by atoms with E-state index >= 15 is 0 Å². The first-order valence-electron chi connectivity index (χ1n) is 36.2. The van der Waals surface area contributed by atoms with Crippen LogP contribution >= 0.6 is 0 Å². The van der Waals surface area contributed by atoms with E-state index in [0.717, 1.165) is 77.6 Å². The number of carbonyl (C=O) groups excluding carboxylic acids is 2. The van der Waals surface area contributed by atoms with Crippen LogP contribution in [-0.4, -0.2) is 215 Å². The van der Waals surface area contributed by atoms with E-state index in [9.17, 15) is 75.7 Å². The van der Waals surface area contributed by atoms with Gasteiger partial charge in [-0.05, 0) is 44.9 Å². The monoisotopic (exact) mass is 1330 g/mol. The Kier molecular flexibility index (Phi) is 45.9. The van der Waals surface area contributed by atoms with Crippen molar-refractivity contribution in [1.29, 1.82) is 0 Å². The molecule has 0 spiro atoms. The highest BCUT2D eigenvalue weighted by molar-refractivity contribution is 5.77. The van der Waals surface area contributed by atoms with Crippen molar-refractivity contribution < 1.29 is 104 Å². The second-order valence-corrected chi connectivity index (χ2v) is 26.4. The van der Waals surface area contributed by atoms with Crippen LogP contribution in [0, 0.1) is 0 Å². The summed E-state index contributed by atoms with van der Waals surface area (Å²) in [7, 11) is 0. The topological polar surface area (TPSA) is 373 Å².